The molecule has 26 heavy (non-hydrogen) atoms. The number of aliphatic imine (C=N–C) groups is 1. The summed E-state index contributed by atoms with van der Waals surface area (Å²) in [6.07, 6.45) is 1.79. The van der Waals surface area contributed by atoms with Crippen molar-refractivity contribution in [3.8, 4) is 10.4 Å². The SMILES string of the molecule is CC.COC(=O)Cc1sc(-c2ccc([N+](=O)[O-])cc2)cc1N=CN(C)C. The average molecular weight is 377 g/mol. The molecule has 0 aliphatic carbocycles. The van der Waals surface area contributed by atoms with E-state index in [1.165, 1.54) is 30.6 Å². The minimum atomic E-state index is -0.437. The summed E-state index contributed by atoms with van der Waals surface area (Å²) in [5.41, 5.74) is 1.56. The van der Waals surface area contributed by atoms with Gasteiger partial charge >= 0.3 is 5.97 Å². The Bertz CT molecular complexity index is 767. The van der Waals surface area contributed by atoms with Crippen LogP contribution in [0.4, 0.5) is 11.4 Å². The number of thiophene rings is 1. The minimum Gasteiger partial charge on any atom is -0.469 e. The second kappa shape index (κ2) is 10.3. The number of nitro benzene ring substituents is 1. The summed E-state index contributed by atoms with van der Waals surface area (Å²) in [6, 6.07) is 8.15. The number of rotatable bonds is 6. The van der Waals surface area contributed by atoms with Crippen LogP contribution in [-0.2, 0) is 16.0 Å². The highest BCUT2D eigenvalue weighted by Crippen LogP contribution is 2.37. The van der Waals surface area contributed by atoms with E-state index in [-0.39, 0.29) is 18.1 Å². The van der Waals surface area contributed by atoms with Crippen molar-refractivity contribution in [3.63, 3.8) is 0 Å². The number of nitrogens with zero attached hydrogens (tertiary/aromatic N) is 3. The molecule has 0 radical (unpaired) electrons. The van der Waals surface area contributed by atoms with Gasteiger partial charge in [-0.05, 0) is 23.8 Å². The highest BCUT2D eigenvalue weighted by Gasteiger charge is 2.14. The van der Waals surface area contributed by atoms with Crippen LogP contribution in [0, 0.1) is 10.1 Å². The van der Waals surface area contributed by atoms with Gasteiger partial charge in [0.05, 0.1) is 30.5 Å². The standard InChI is InChI=1S/C16H17N3O4S.C2H6/c1-18(2)10-17-13-8-14(24-15(13)9-16(20)23-3)11-4-6-12(7-5-11)19(21)22;1-2/h4-8,10H,9H2,1-3H3;1-2H3. The van der Waals surface area contributed by atoms with Crippen molar-refractivity contribution < 1.29 is 14.5 Å². The Hall–Kier alpha value is -2.74. The highest BCUT2D eigenvalue weighted by molar-refractivity contribution is 7.16. The van der Waals surface area contributed by atoms with Crippen molar-refractivity contribution in [2.75, 3.05) is 21.2 Å². The number of ether oxygens (including phenoxy) is 1. The van der Waals surface area contributed by atoms with Crippen LogP contribution in [0.5, 0.6) is 0 Å². The van der Waals surface area contributed by atoms with E-state index in [0.29, 0.717) is 5.69 Å². The largest absolute Gasteiger partial charge is 0.469 e. The monoisotopic (exact) mass is 377 g/mol. The molecule has 0 saturated heterocycles. The fraction of sp³-hybridized carbons (Fsp3) is 0.333. The normalized spacial score (nSPS) is 10.2. The van der Waals surface area contributed by atoms with E-state index < -0.39 is 4.92 Å². The van der Waals surface area contributed by atoms with Crippen molar-refractivity contribution in [2.24, 2.45) is 4.99 Å². The van der Waals surface area contributed by atoms with Crippen molar-refractivity contribution >= 4 is 35.0 Å². The van der Waals surface area contributed by atoms with E-state index >= 15 is 0 Å². The van der Waals surface area contributed by atoms with Crippen molar-refractivity contribution in [3.05, 3.63) is 45.3 Å². The molecule has 1 heterocycles. The van der Waals surface area contributed by atoms with E-state index in [1.54, 1.807) is 23.4 Å². The summed E-state index contributed by atoms with van der Waals surface area (Å²) in [5.74, 6) is -0.339. The molecule has 7 nitrogen and oxygen atoms in total. The van der Waals surface area contributed by atoms with Crippen LogP contribution in [-0.4, -0.2) is 43.3 Å². The van der Waals surface area contributed by atoms with Crippen LogP contribution in [0.3, 0.4) is 0 Å². The van der Waals surface area contributed by atoms with Gasteiger partial charge in [-0.15, -0.1) is 11.3 Å². The number of benzene rings is 1. The van der Waals surface area contributed by atoms with Gasteiger partial charge < -0.3 is 9.64 Å². The summed E-state index contributed by atoms with van der Waals surface area (Å²) >= 11 is 1.42. The summed E-state index contributed by atoms with van der Waals surface area (Å²) in [6.45, 7) is 4.00. The minimum absolute atomic E-state index is 0.0379. The first kappa shape index (κ1) is 21.3. The van der Waals surface area contributed by atoms with E-state index in [9.17, 15) is 14.9 Å². The number of carbonyl (C=O) groups is 1. The van der Waals surface area contributed by atoms with E-state index in [4.69, 9.17) is 4.74 Å². The van der Waals surface area contributed by atoms with Gasteiger partial charge in [-0.2, -0.15) is 0 Å². The lowest BCUT2D eigenvalue weighted by Gasteiger charge is -2.02. The summed E-state index contributed by atoms with van der Waals surface area (Å²) < 4.78 is 4.72. The molecule has 0 aliphatic rings. The van der Waals surface area contributed by atoms with Crippen LogP contribution < -0.4 is 0 Å². The molecule has 2 rings (SSSR count). The number of hydrogen-bond acceptors (Lipinski definition) is 6. The maximum Gasteiger partial charge on any atom is 0.310 e. The summed E-state index contributed by atoms with van der Waals surface area (Å²) in [5, 5.41) is 10.7. The number of carbonyl (C=O) groups excluding carboxylic acids is 1. The topological polar surface area (TPSA) is 85.0 Å². The van der Waals surface area contributed by atoms with Crippen LogP contribution in [0.1, 0.15) is 18.7 Å². The van der Waals surface area contributed by atoms with Crippen LogP contribution in [0.25, 0.3) is 10.4 Å². The Morgan fingerprint density at radius 2 is 1.92 bits per heavy atom. The maximum absolute atomic E-state index is 11.6. The highest BCUT2D eigenvalue weighted by atomic mass is 32.1. The zero-order chi connectivity index (χ0) is 19.7. The molecule has 8 heteroatoms. The molecular formula is C18H23N3O4S. The summed E-state index contributed by atoms with van der Waals surface area (Å²) in [4.78, 5) is 29.7. The molecule has 0 amide bonds. The molecule has 2 aromatic rings. The zero-order valence-corrected chi connectivity index (χ0v) is 16.4. The predicted octanol–water partition coefficient (Wildman–Crippen LogP) is 4.29. The molecular weight excluding hydrogens is 354 g/mol. The molecule has 0 saturated carbocycles. The van der Waals surface area contributed by atoms with Gasteiger partial charge in [0.15, 0.2) is 0 Å². The molecule has 0 atom stereocenters. The van der Waals surface area contributed by atoms with Gasteiger partial charge in [-0.3, -0.25) is 14.9 Å². The smallest absolute Gasteiger partial charge is 0.310 e. The van der Waals surface area contributed by atoms with Crippen molar-refractivity contribution in [1.82, 2.24) is 4.90 Å². The van der Waals surface area contributed by atoms with Gasteiger partial charge in [0.25, 0.3) is 5.69 Å². The number of hydrogen-bond donors (Lipinski definition) is 0. The second-order valence-corrected chi connectivity index (χ2v) is 6.32. The molecule has 0 unspecified atom stereocenters. The van der Waals surface area contributed by atoms with Gasteiger partial charge in [-0.25, -0.2) is 4.99 Å². The molecule has 0 fully saturated rings. The lowest BCUT2D eigenvalue weighted by molar-refractivity contribution is -0.384. The molecule has 1 aromatic heterocycles. The first-order valence-corrected chi connectivity index (χ1v) is 8.87. The Labute approximate surface area is 157 Å². The molecule has 0 N–H and O–H groups in total. The van der Waals surface area contributed by atoms with Crippen LogP contribution in [0.15, 0.2) is 35.3 Å². The Morgan fingerprint density at radius 3 is 2.42 bits per heavy atom. The molecule has 140 valence electrons. The van der Waals surface area contributed by atoms with Crippen LogP contribution in [0.2, 0.25) is 0 Å². The zero-order valence-electron chi connectivity index (χ0n) is 15.6. The molecule has 0 spiro atoms. The quantitative estimate of drug-likeness (QED) is 0.246. The number of methoxy groups -OCH3 is 1. The van der Waals surface area contributed by atoms with Crippen LogP contribution >= 0.6 is 11.3 Å². The molecule has 0 aliphatic heterocycles. The summed E-state index contributed by atoms with van der Waals surface area (Å²) in [7, 11) is 5.05. The number of non-ortho nitro benzene ring substituents is 1. The number of nitro groups is 1. The fourth-order valence-corrected chi connectivity index (χ4v) is 3.02. The van der Waals surface area contributed by atoms with E-state index in [2.05, 4.69) is 4.99 Å². The third-order valence-electron chi connectivity index (χ3n) is 3.11. The lowest BCUT2D eigenvalue weighted by atomic mass is 10.1. The van der Waals surface area contributed by atoms with Crippen molar-refractivity contribution in [2.45, 2.75) is 20.3 Å². The maximum atomic E-state index is 11.6. The number of esters is 1. The van der Waals surface area contributed by atoms with Gasteiger partial charge in [0.2, 0.25) is 0 Å². The fourth-order valence-electron chi connectivity index (χ4n) is 1.93. The molecule has 1 aromatic carbocycles. The third-order valence-corrected chi connectivity index (χ3v) is 4.28. The molecule has 0 bridgehead atoms. The third kappa shape index (κ3) is 5.96. The van der Waals surface area contributed by atoms with Gasteiger partial charge in [0.1, 0.15) is 0 Å². The Balaban J connectivity index is 0.00000163. The first-order valence-electron chi connectivity index (χ1n) is 8.05. The first-order chi connectivity index (χ1) is 12.4. The van der Waals surface area contributed by atoms with Gasteiger partial charge in [-0.1, -0.05) is 13.8 Å². The Morgan fingerprint density at radius 1 is 1.31 bits per heavy atom. The van der Waals surface area contributed by atoms with E-state index in [1.807, 2.05) is 34.0 Å². The average Bonchev–Trinajstić information content (AvgIpc) is 3.04. The van der Waals surface area contributed by atoms with Gasteiger partial charge in [0, 0.05) is 36.0 Å². The van der Waals surface area contributed by atoms with Crippen molar-refractivity contribution in [1.29, 1.82) is 0 Å². The van der Waals surface area contributed by atoms with E-state index in [0.717, 1.165) is 15.3 Å². The lowest BCUT2D eigenvalue weighted by Crippen LogP contribution is -2.07. The predicted molar refractivity (Wildman–Crippen MR) is 105 cm³/mol. The Kier molecular flexibility index (Phi) is 8.44. The second-order valence-electron chi connectivity index (χ2n) is 5.18.